The standard InChI is InChI=1S/C12H36N2Si4/c1-9(2)13(10(3)4)16-18(17-15)14(11(5)6)12(7)8/h9-12,18H,16-17H2,1-8,15H3. The quantitative estimate of drug-likeness (QED) is 0.555. The Bertz CT molecular complexity index is 206. The molecular formula is C12H36N2Si4. The van der Waals surface area contributed by atoms with Gasteiger partial charge in [-0.2, -0.15) is 0 Å². The molecule has 2 nitrogen and oxygen atoms in total. The summed E-state index contributed by atoms with van der Waals surface area (Å²) < 4.78 is 5.84. The normalized spacial score (nSPS) is 16.3. The Morgan fingerprint density at radius 1 is 0.778 bits per heavy atom. The molecule has 0 aliphatic carbocycles. The van der Waals surface area contributed by atoms with Crippen molar-refractivity contribution in [1.29, 1.82) is 0 Å². The van der Waals surface area contributed by atoms with Crippen LogP contribution < -0.4 is 0 Å². The average Bonchev–Trinajstić information content (AvgIpc) is 2.21. The fourth-order valence-corrected chi connectivity index (χ4v) is 34.4. The molecule has 1 unspecified atom stereocenters. The van der Waals surface area contributed by atoms with Crippen LogP contribution in [0.1, 0.15) is 55.4 Å². The Hall–Kier alpha value is 0.788. The van der Waals surface area contributed by atoms with E-state index in [1.807, 2.05) is 0 Å². The Morgan fingerprint density at radius 3 is 1.39 bits per heavy atom. The van der Waals surface area contributed by atoms with Crippen molar-refractivity contribution in [3.8, 4) is 0 Å². The van der Waals surface area contributed by atoms with Crippen molar-refractivity contribution in [3.63, 3.8) is 0 Å². The first-order valence-corrected chi connectivity index (χ1v) is 21.1. The van der Waals surface area contributed by atoms with E-state index in [1.54, 1.807) is 0 Å². The molecule has 0 aromatic heterocycles. The van der Waals surface area contributed by atoms with Crippen LogP contribution in [-0.2, 0) is 0 Å². The summed E-state index contributed by atoms with van der Waals surface area (Å²) in [6.45, 7) is 19.2. The zero-order valence-electron chi connectivity index (χ0n) is 14.2. The van der Waals surface area contributed by atoms with Gasteiger partial charge in [-0.15, -0.1) is 0 Å². The van der Waals surface area contributed by atoms with E-state index in [4.69, 9.17) is 0 Å². The summed E-state index contributed by atoms with van der Waals surface area (Å²) in [5.41, 5.74) is 0. The fourth-order valence-electron chi connectivity index (χ4n) is 3.14. The van der Waals surface area contributed by atoms with Gasteiger partial charge in [0.05, 0.1) is 17.2 Å². The number of nitrogens with zero attached hydrogens (tertiary/aromatic N) is 2. The maximum Gasteiger partial charge on any atom is 0.0975 e. The highest BCUT2D eigenvalue weighted by atomic mass is 29.7. The molecule has 18 heavy (non-hydrogen) atoms. The molecule has 0 aromatic carbocycles. The lowest BCUT2D eigenvalue weighted by Gasteiger charge is -2.41. The third kappa shape index (κ3) is 5.83. The molecule has 0 spiro atoms. The monoisotopic (exact) mass is 320 g/mol. The third-order valence-electron chi connectivity index (χ3n) is 3.83. The van der Waals surface area contributed by atoms with Gasteiger partial charge in [0, 0.05) is 8.55 Å². The van der Waals surface area contributed by atoms with Gasteiger partial charge in [-0.3, -0.25) is 0 Å². The minimum atomic E-state index is -0.515. The molecule has 0 fully saturated rings. The minimum Gasteiger partial charge on any atom is -0.326 e. The molecule has 0 aliphatic heterocycles. The fraction of sp³-hybridized carbons (Fsp3) is 1.00. The smallest absolute Gasteiger partial charge is 0.0975 e. The zero-order valence-corrected chi connectivity index (χ0v) is 20.2. The summed E-state index contributed by atoms with van der Waals surface area (Å²) in [6, 6.07) is 3.07. The summed E-state index contributed by atoms with van der Waals surface area (Å²) in [5.74, 6) is 0. The van der Waals surface area contributed by atoms with Gasteiger partial charge in [0.2, 0.25) is 0 Å². The highest BCUT2D eigenvalue weighted by Crippen LogP contribution is 2.10. The van der Waals surface area contributed by atoms with Crippen molar-refractivity contribution in [2.75, 3.05) is 0 Å². The molecule has 0 bridgehead atoms. The van der Waals surface area contributed by atoms with Gasteiger partial charge in [0.15, 0.2) is 0 Å². The lowest BCUT2D eigenvalue weighted by Crippen LogP contribution is -2.61. The van der Waals surface area contributed by atoms with Gasteiger partial charge < -0.3 is 9.13 Å². The molecule has 0 rings (SSSR count). The van der Waals surface area contributed by atoms with Gasteiger partial charge >= 0.3 is 0 Å². The average molecular weight is 321 g/mol. The molecule has 0 N–H and O–H groups in total. The highest BCUT2D eigenvalue weighted by molar-refractivity contribution is 7.48. The SMILES string of the molecule is CC(C)N([SiH2][SiH]([SiH2][SiH3])N(C(C)C)C(C)C)C(C)C. The van der Waals surface area contributed by atoms with Crippen molar-refractivity contribution < 1.29 is 0 Å². The van der Waals surface area contributed by atoms with Crippen LogP contribution in [0.3, 0.4) is 0 Å². The highest BCUT2D eigenvalue weighted by Gasteiger charge is 2.28. The van der Waals surface area contributed by atoms with Crippen LogP contribution in [0.2, 0.25) is 0 Å². The van der Waals surface area contributed by atoms with Crippen LogP contribution in [-0.4, -0.2) is 68.8 Å². The lowest BCUT2D eigenvalue weighted by atomic mass is 10.3. The Balaban J connectivity index is 4.84. The van der Waals surface area contributed by atoms with Crippen molar-refractivity contribution in [3.05, 3.63) is 0 Å². The van der Waals surface area contributed by atoms with Gasteiger partial charge in [0.1, 0.15) is 0 Å². The van der Waals surface area contributed by atoms with Crippen LogP contribution in [0, 0.1) is 0 Å². The Labute approximate surface area is 124 Å². The van der Waals surface area contributed by atoms with Gasteiger partial charge in [0.25, 0.3) is 0 Å². The van der Waals surface area contributed by atoms with Crippen molar-refractivity contribution in [2.45, 2.75) is 79.6 Å². The topological polar surface area (TPSA) is 6.48 Å². The van der Waals surface area contributed by atoms with Gasteiger partial charge in [-0.1, -0.05) is 55.4 Å². The first-order chi connectivity index (χ1) is 8.22. The molecule has 1 atom stereocenters. The van der Waals surface area contributed by atoms with Crippen LogP contribution in [0.4, 0.5) is 0 Å². The second-order valence-electron chi connectivity index (χ2n) is 6.58. The predicted molar refractivity (Wildman–Crippen MR) is 98.4 cm³/mol. The molecular weight excluding hydrogens is 284 g/mol. The molecule has 0 radical (unpaired) electrons. The van der Waals surface area contributed by atoms with Crippen molar-refractivity contribution >= 4 is 35.5 Å². The van der Waals surface area contributed by atoms with Crippen molar-refractivity contribution in [2.24, 2.45) is 0 Å². The summed E-state index contributed by atoms with van der Waals surface area (Å²) in [4.78, 5) is 0. The third-order valence-corrected chi connectivity index (χ3v) is 43.4. The molecule has 0 heterocycles. The molecule has 6 heteroatoms. The Morgan fingerprint density at radius 2 is 1.17 bits per heavy atom. The van der Waals surface area contributed by atoms with E-state index >= 15 is 0 Å². The molecule has 0 saturated carbocycles. The second-order valence-corrected chi connectivity index (χ2v) is 30.4. The second kappa shape index (κ2) is 8.86. The van der Waals surface area contributed by atoms with E-state index in [0.717, 1.165) is 24.2 Å². The van der Waals surface area contributed by atoms with E-state index < -0.39 is 7.99 Å². The van der Waals surface area contributed by atoms with E-state index in [0.29, 0.717) is 8.55 Å². The van der Waals surface area contributed by atoms with E-state index in [-0.39, 0.29) is 9.20 Å². The van der Waals surface area contributed by atoms with E-state index in [1.165, 1.54) is 9.76 Å². The lowest BCUT2D eigenvalue weighted by molar-refractivity contribution is 0.299. The maximum atomic E-state index is 2.96. The molecule has 0 saturated heterocycles. The number of hydrogen-bond donors (Lipinski definition) is 0. The largest absolute Gasteiger partial charge is 0.326 e. The summed E-state index contributed by atoms with van der Waals surface area (Å²) in [6.07, 6.45) is 0. The van der Waals surface area contributed by atoms with Crippen LogP contribution in [0.15, 0.2) is 0 Å². The summed E-state index contributed by atoms with van der Waals surface area (Å²) >= 11 is 0. The van der Waals surface area contributed by atoms with Crippen molar-refractivity contribution in [1.82, 2.24) is 9.13 Å². The van der Waals surface area contributed by atoms with Crippen LogP contribution in [0.25, 0.3) is 0 Å². The molecule has 0 aliphatic rings. The van der Waals surface area contributed by atoms with Gasteiger partial charge in [-0.25, -0.2) is 0 Å². The number of hydrogen-bond acceptors (Lipinski definition) is 2. The molecule has 110 valence electrons. The summed E-state index contributed by atoms with van der Waals surface area (Å²) in [7, 11) is 1.33. The summed E-state index contributed by atoms with van der Waals surface area (Å²) in [5, 5.41) is 0. The number of rotatable bonds is 8. The van der Waals surface area contributed by atoms with E-state index in [9.17, 15) is 0 Å². The first-order valence-electron chi connectivity index (χ1n) is 7.75. The molecule has 0 amide bonds. The van der Waals surface area contributed by atoms with Gasteiger partial charge in [-0.05, 0) is 33.9 Å². The van der Waals surface area contributed by atoms with Crippen LogP contribution >= 0.6 is 0 Å². The van der Waals surface area contributed by atoms with Crippen LogP contribution in [0.5, 0.6) is 0 Å². The zero-order chi connectivity index (χ0) is 14.5. The Kier molecular flexibility index (Phi) is 9.25. The first kappa shape index (κ1) is 18.8. The predicted octanol–water partition coefficient (Wildman–Crippen LogP) is -0.526. The minimum absolute atomic E-state index is 0.00588. The molecule has 0 aromatic rings. The maximum absolute atomic E-state index is 2.96. The van der Waals surface area contributed by atoms with E-state index in [2.05, 4.69) is 64.5 Å².